The van der Waals surface area contributed by atoms with Crippen LogP contribution in [0.25, 0.3) is 103 Å². The summed E-state index contributed by atoms with van der Waals surface area (Å²) in [4.78, 5) is 26.7. The molecule has 0 spiro atoms. The molecule has 0 N–H and O–H groups in total. The molecule has 0 aliphatic carbocycles. The first kappa shape index (κ1) is 42.3. The maximum Gasteiger partial charge on any atom is 0.198 e. The highest BCUT2D eigenvalue weighted by atomic mass is 15.1. The molecule has 2 aromatic heterocycles. The Morgan fingerprint density at radius 2 is 0.814 bits per heavy atom. The third-order valence-corrected chi connectivity index (χ3v) is 12.5. The number of anilines is 3. The van der Waals surface area contributed by atoms with E-state index in [1.807, 2.05) is 91.0 Å². The van der Waals surface area contributed by atoms with E-state index in [2.05, 4.69) is 144 Å². The number of fused-ring (bicyclic) bond motifs is 3. The Bertz CT molecular complexity index is 3820. The van der Waals surface area contributed by atoms with E-state index in [1.165, 1.54) is 0 Å². The molecule has 0 aliphatic heterocycles. The van der Waals surface area contributed by atoms with Crippen molar-refractivity contribution in [3.63, 3.8) is 0 Å². The average molecular weight is 893 g/mol. The molecular formula is C62H36N8. The molecule has 0 aliphatic rings. The molecule has 70 heavy (non-hydrogen) atoms. The van der Waals surface area contributed by atoms with Gasteiger partial charge in [-0.3, -0.25) is 0 Å². The number of rotatable bonds is 9. The molecule has 8 nitrogen and oxygen atoms in total. The monoisotopic (exact) mass is 892 g/mol. The number of benzene rings is 9. The SMILES string of the molecule is [C-]#[N+]c1ccc(N(c2ccc([N+]#[C-])cc2)c2ccc3c(c2)c2ccccc2n3-c2ccc(-c3ccc(-c4ccc(-c5cc(-c6ccccc6[N+]#[C-])nc(-c6ccccc6[N+]#[C-])n5)cc4)cc3)cc2)cc1. The van der Waals surface area contributed by atoms with Crippen molar-refractivity contribution in [3.05, 3.63) is 264 Å². The van der Waals surface area contributed by atoms with Gasteiger partial charge in [0.15, 0.2) is 22.7 Å². The van der Waals surface area contributed by atoms with E-state index in [9.17, 15) is 0 Å². The van der Waals surface area contributed by atoms with Crippen molar-refractivity contribution in [2.45, 2.75) is 0 Å². The maximum atomic E-state index is 7.78. The van der Waals surface area contributed by atoms with Crippen LogP contribution in [-0.2, 0) is 0 Å². The molecule has 9 aromatic carbocycles. The fraction of sp³-hybridized carbons (Fsp3) is 0. The molecule has 0 fully saturated rings. The second-order valence-electron chi connectivity index (χ2n) is 16.6. The van der Waals surface area contributed by atoms with E-state index in [0.717, 1.165) is 72.4 Å². The molecule has 8 heteroatoms. The lowest BCUT2D eigenvalue weighted by Crippen LogP contribution is -2.09. The van der Waals surface area contributed by atoms with E-state index in [-0.39, 0.29) is 0 Å². The highest BCUT2D eigenvalue weighted by Crippen LogP contribution is 2.41. The van der Waals surface area contributed by atoms with Gasteiger partial charge in [-0.05, 0) is 89.0 Å². The topological polar surface area (TPSA) is 51.4 Å². The van der Waals surface area contributed by atoms with Crippen LogP contribution in [0.15, 0.2) is 218 Å². The van der Waals surface area contributed by atoms with Crippen LogP contribution < -0.4 is 4.90 Å². The molecule has 0 amide bonds. The summed E-state index contributed by atoms with van der Waals surface area (Å²) in [5, 5.41) is 2.24. The largest absolute Gasteiger partial charge is 0.311 e. The zero-order valence-corrected chi connectivity index (χ0v) is 37.4. The summed E-state index contributed by atoms with van der Waals surface area (Å²) in [5.74, 6) is 0.433. The Hall–Kier alpha value is -10.4. The van der Waals surface area contributed by atoms with Gasteiger partial charge in [0.2, 0.25) is 0 Å². The lowest BCUT2D eigenvalue weighted by molar-refractivity contribution is 1.18. The van der Waals surface area contributed by atoms with E-state index < -0.39 is 0 Å². The van der Waals surface area contributed by atoms with Crippen LogP contribution in [0.5, 0.6) is 0 Å². The van der Waals surface area contributed by atoms with Crippen molar-refractivity contribution >= 4 is 61.6 Å². The van der Waals surface area contributed by atoms with Gasteiger partial charge in [0.1, 0.15) is 5.82 Å². The number of para-hydroxylation sites is 3. The lowest BCUT2D eigenvalue weighted by Gasteiger charge is -2.26. The molecule has 0 radical (unpaired) electrons. The van der Waals surface area contributed by atoms with Gasteiger partial charge in [0, 0.05) is 50.2 Å². The quantitative estimate of drug-likeness (QED) is 0.136. The van der Waals surface area contributed by atoms with Gasteiger partial charge in [-0.2, -0.15) is 0 Å². The van der Waals surface area contributed by atoms with Crippen molar-refractivity contribution < 1.29 is 0 Å². The standard InChI is InChI=1S/C62H36N8/c1-63-46-27-33-48(34-28-46)69(49-35-29-47(64-2)30-36-49)51-37-38-61-55(39-51)52-11-7-10-16-60(52)70(61)50-31-25-44(26-32-50)42-19-17-41(18-20-42)43-21-23-45(24-22-43)58-40-59(53-12-5-8-14-56(53)65-3)68-62(67-58)54-13-6-9-15-57(54)66-4/h5-40H. The van der Waals surface area contributed by atoms with Gasteiger partial charge < -0.3 is 9.47 Å². The minimum absolute atomic E-state index is 0.433. The summed E-state index contributed by atoms with van der Waals surface area (Å²) in [6, 6.07) is 72.4. The third kappa shape index (κ3) is 7.83. The fourth-order valence-electron chi connectivity index (χ4n) is 9.07. The Morgan fingerprint density at radius 3 is 1.39 bits per heavy atom. The molecule has 324 valence electrons. The van der Waals surface area contributed by atoms with E-state index in [1.54, 1.807) is 12.1 Å². The highest BCUT2D eigenvalue weighted by Gasteiger charge is 2.19. The predicted molar refractivity (Wildman–Crippen MR) is 283 cm³/mol. The second-order valence-corrected chi connectivity index (χ2v) is 16.6. The molecule has 11 aromatic rings. The number of nitrogens with zero attached hydrogens (tertiary/aromatic N) is 8. The van der Waals surface area contributed by atoms with E-state index >= 15 is 0 Å². The van der Waals surface area contributed by atoms with E-state index in [0.29, 0.717) is 51.1 Å². The van der Waals surface area contributed by atoms with Gasteiger partial charge in [0.25, 0.3) is 0 Å². The zero-order valence-electron chi connectivity index (χ0n) is 37.4. The molecule has 2 heterocycles. The fourth-order valence-corrected chi connectivity index (χ4v) is 9.07. The van der Waals surface area contributed by atoms with Gasteiger partial charge in [-0.1, -0.05) is 152 Å². The Morgan fingerprint density at radius 1 is 0.357 bits per heavy atom. The highest BCUT2D eigenvalue weighted by molar-refractivity contribution is 6.10. The van der Waals surface area contributed by atoms with E-state index in [4.69, 9.17) is 36.3 Å². The Balaban J connectivity index is 0.882. The summed E-state index contributed by atoms with van der Waals surface area (Å²) in [7, 11) is 0. The minimum Gasteiger partial charge on any atom is -0.311 e. The zero-order chi connectivity index (χ0) is 47.6. The minimum atomic E-state index is 0.433. The van der Waals surface area contributed by atoms with Gasteiger partial charge in [-0.25, -0.2) is 29.3 Å². The second kappa shape index (κ2) is 18.1. The first-order valence-electron chi connectivity index (χ1n) is 22.4. The third-order valence-electron chi connectivity index (χ3n) is 12.5. The van der Waals surface area contributed by atoms with Crippen molar-refractivity contribution in [3.8, 4) is 61.8 Å². The van der Waals surface area contributed by atoms with Crippen molar-refractivity contribution in [2.24, 2.45) is 0 Å². The van der Waals surface area contributed by atoms with Crippen LogP contribution in [0.4, 0.5) is 39.8 Å². The van der Waals surface area contributed by atoms with Crippen LogP contribution in [-0.4, -0.2) is 14.5 Å². The Labute approximate surface area is 405 Å². The van der Waals surface area contributed by atoms with Crippen LogP contribution in [0.1, 0.15) is 0 Å². The van der Waals surface area contributed by atoms with Crippen LogP contribution >= 0.6 is 0 Å². The molecule has 0 saturated carbocycles. The smallest absolute Gasteiger partial charge is 0.198 e. The summed E-state index contributed by atoms with van der Waals surface area (Å²) in [6.07, 6.45) is 0. The van der Waals surface area contributed by atoms with Crippen molar-refractivity contribution in [1.82, 2.24) is 14.5 Å². The summed E-state index contributed by atoms with van der Waals surface area (Å²) in [6.45, 7) is 30.5. The van der Waals surface area contributed by atoms with Crippen LogP contribution in [0, 0.1) is 26.3 Å². The Kier molecular flexibility index (Phi) is 10.9. The average Bonchev–Trinajstić information content (AvgIpc) is 3.77. The molecule has 0 unspecified atom stereocenters. The normalized spacial score (nSPS) is 10.8. The number of aromatic nitrogens is 3. The first-order valence-corrected chi connectivity index (χ1v) is 22.4. The summed E-state index contributed by atoms with van der Waals surface area (Å²) >= 11 is 0. The maximum absolute atomic E-state index is 7.78. The van der Waals surface area contributed by atoms with Crippen molar-refractivity contribution in [2.75, 3.05) is 4.90 Å². The number of hydrogen-bond donors (Lipinski definition) is 0. The van der Waals surface area contributed by atoms with Gasteiger partial charge in [0.05, 0.1) is 48.7 Å². The molecule has 11 rings (SSSR count). The predicted octanol–water partition coefficient (Wildman–Crippen LogP) is 17.6. The summed E-state index contributed by atoms with van der Waals surface area (Å²) in [5.41, 5.74) is 16.0. The number of hydrogen-bond acceptors (Lipinski definition) is 3. The summed E-state index contributed by atoms with van der Waals surface area (Å²) < 4.78 is 2.31. The van der Waals surface area contributed by atoms with Gasteiger partial charge in [-0.15, -0.1) is 0 Å². The van der Waals surface area contributed by atoms with Crippen LogP contribution in [0.3, 0.4) is 0 Å². The lowest BCUT2D eigenvalue weighted by atomic mass is 9.98. The van der Waals surface area contributed by atoms with Crippen LogP contribution in [0.2, 0.25) is 0 Å². The molecule has 0 saturated heterocycles. The van der Waals surface area contributed by atoms with Gasteiger partial charge >= 0.3 is 0 Å². The molecule has 0 atom stereocenters. The first-order chi connectivity index (χ1) is 34.5. The molecule has 0 bridgehead atoms. The molecular weight excluding hydrogens is 857 g/mol. The van der Waals surface area contributed by atoms with Crippen molar-refractivity contribution in [1.29, 1.82) is 0 Å².